The van der Waals surface area contributed by atoms with Crippen LogP contribution in [0.4, 0.5) is 4.79 Å². The van der Waals surface area contributed by atoms with Gasteiger partial charge < -0.3 is 19.3 Å². The van der Waals surface area contributed by atoms with Gasteiger partial charge in [-0.15, -0.1) is 0 Å². The van der Waals surface area contributed by atoms with Gasteiger partial charge in [0.1, 0.15) is 12.4 Å². The fourth-order valence-corrected chi connectivity index (χ4v) is 4.69. The van der Waals surface area contributed by atoms with Crippen LogP contribution in [0.25, 0.3) is 0 Å². The lowest BCUT2D eigenvalue weighted by atomic mass is 10.1. The first kappa shape index (κ1) is 35.4. The average molecular weight is 539 g/mol. The van der Waals surface area contributed by atoms with Crippen molar-refractivity contribution in [3.05, 3.63) is 24.3 Å². The van der Waals surface area contributed by atoms with Gasteiger partial charge in [-0.2, -0.15) is 0 Å². The number of amides is 1. The fourth-order valence-electron chi connectivity index (χ4n) is 3.70. The molecule has 0 aromatic heterocycles. The van der Waals surface area contributed by atoms with Crippen molar-refractivity contribution in [1.82, 2.24) is 9.80 Å². The highest BCUT2D eigenvalue weighted by Crippen LogP contribution is 2.15. The summed E-state index contributed by atoms with van der Waals surface area (Å²) in [5.41, 5.74) is 0. The summed E-state index contributed by atoms with van der Waals surface area (Å²) in [6.45, 7) is 6.41. The minimum atomic E-state index is -0.168. The highest BCUT2D eigenvalue weighted by molar-refractivity contribution is 8.13. The predicted octanol–water partition coefficient (Wildman–Crippen LogP) is 7.43. The first-order valence-corrected chi connectivity index (χ1v) is 15.4. The maximum Gasteiger partial charge on any atom is 0.306 e. The zero-order chi connectivity index (χ0) is 27.6. The number of allylic oxidation sites excluding steroid dienone is 4. The summed E-state index contributed by atoms with van der Waals surface area (Å²) < 4.78 is 5.87. The molecule has 0 radical (unpaired) electrons. The Kier molecular flexibility index (Phi) is 24.9. The molecule has 1 amide bonds. The summed E-state index contributed by atoms with van der Waals surface area (Å²) >= 11 is 1.34. The van der Waals surface area contributed by atoms with Gasteiger partial charge in [0.25, 0.3) is 5.24 Å². The van der Waals surface area contributed by atoms with Crippen LogP contribution < -0.4 is 0 Å². The summed E-state index contributed by atoms with van der Waals surface area (Å²) in [4.78, 5) is 39.9. The van der Waals surface area contributed by atoms with Crippen LogP contribution in [0.15, 0.2) is 24.3 Å². The molecule has 0 aromatic carbocycles. The smallest absolute Gasteiger partial charge is 0.306 e. The van der Waals surface area contributed by atoms with Crippen LogP contribution in [0.1, 0.15) is 104 Å². The number of esters is 1. The lowest BCUT2D eigenvalue weighted by molar-refractivity contribution is -0.149. The van der Waals surface area contributed by atoms with E-state index in [9.17, 15) is 14.4 Å². The maximum atomic E-state index is 12.8. The van der Waals surface area contributed by atoms with Crippen LogP contribution in [-0.2, 0) is 14.3 Å². The molecule has 0 aliphatic carbocycles. The van der Waals surface area contributed by atoms with Crippen LogP contribution in [0.3, 0.4) is 0 Å². The number of hydrogen-bond donors (Lipinski definition) is 0. The second-order valence-electron chi connectivity index (χ2n) is 9.81. The Morgan fingerprint density at radius 1 is 0.784 bits per heavy atom. The molecule has 0 bridgehead atoms. The van der Waals surface area contributed by atoms with Crippen molar-refractivity contribution in [2.75, 3.05) is 39.5 Å². The van der Waals surface area contributed by atoms with E-state index in [1.807, 2.05) is 19.0 Å². The Labute approximate surface area is 231 Å². The van der Waals surface area contributed by atoms with E-state index in [0.29, 0.717) is 32.4 Å². The molecule has 0 aliphatic rings. The van der Waals surface area contributed by atoms with Crippen LogP contribution in [0.5, 0.6) is 0 Å². The molecule has 0 atom stereocenters. The van der Waals surface area contributed by atoms with Crippen molar-refractivity contribution in [3.63, 3.8) is 0 Å². The highest BCUT2D eigenvalue weighted by atomic mass is 32.2. The summed E-state index contributed by atoms with van der Waals surface area (Å²) in [5.74, 6) is 0.579. The number of unbranched alkanes of at least 4 members (excludes halogenated alkanes) is 5. The minimum Gasteiger partial charge on any atom is -0.462 e. The van der Waals surface area contributed by atoms with E-state index >= 15 is 0 Å². The van der Waals surface area contributed by atoms with Gasteiger partial charge in [0.15, 0.2) is 0 Å². The number of carbonyl (C=O) groups is 3. The molecule has 6 nitrogen and oxygen atoms in total. The molecule has 0 aliphatic heterocycles. The number of hydrogen-bond acceptors (Lipinski definition) is 6. The van der Waals surface area contributed by atoms with Crippen molar-refractivity contribution >= 4 is 29.3 Å². The second kappa shape index (κ2) is 26.0. The van der Waals surface area contributed by atoms with Gasteiger partial charge in [-0.1, -0.05) is 69.2 Å². The molecule has 0 rings (SSSR count). The Balaban J connectivity index is 4.71. The minimum absolute atomic E-state index is 0.0674. The third kappa shape index (κ3) is 23.3. The fraction of sp³-hybridized carbons (Fsp3) is 0.767. The SMILES string of the molecule is CCC/C=C/CCC(CC/C=C/CCC)OC(=O)CCCN(CCCCCC=O)C(=O)SCCN(C)C. The first-order valence-electron chi connectivity index (χ1n) is 14.4. The second-order valence-corrected chi connectivity index (χ2v) is 10.9. The highest BCUT2D eigenvalue weighted by Gasteiger charge is 2.17. The summed E-state index contributed by atoms with van der Waals surface area (Å²) in [6, 6.07) is 0. The van der Waals surface area contributed by atoms with Crippen molar-refractivity contribution < 1.29 is 19.1 Å². The number of nitrogens with zero attached hydrogens (tertiary/aromatic N) is 2. The first-order chi connectivity index (χ1) is 17.9. The van der Waals surface area contributed by atoms with Crippen LogP contribution in [0.2, 0.25) is 0 Å². The molecule has 37 heavy (non-hydrogen) atoms. The molecule has 0 heterocycles. The predicted molar refractivity (Wildman–Crippen MR) is 158 cm³/mol. The van der Waals surface area contributed by atoms with E-state index in [0.717, 1.165) is 89.2 Å². The van der Waals surface area contributed by atoms with Gasteiger partial charge in [0.05, 0.1) is 0 Å². The van der Waals surface area contributed by atoms with Gasteiger partial charge in [0, 0.05) is 38.2 Å². The van der Waals surface area contributed by atoms with Gasteiger partial charge >= 0.3 is 5.97 Å². The average Bonchev–Trinajstić information content (AvgIpc) is 2.86. The Bertz CT molecular complexity index is 617. The van der Waals surface area contributed by atoms with E-state index in [1.165, 1.54) is 11.8 Å². The van der Waals surface area contributed by atoms with E-state index < -0.39 is 0 Å². The number of thioether (sulfide) groups is 1. The largest absolute Gasteiger partial charge is 0.462 e. The molecule has 0 fully saturated rings. The van der Waals surface area contributed by atoms with Gasteiger partial charge in [-0.25, -0.2) is 0 Å². The molecular formula is C30H54N2O4S. The number of ether oxygens (including phenoxy) is 1. The Hall–Kier alpha value is -1.60. The van der Waals surface area contributed by atoms with E-state index in [2.05, 4.69) is 43.1 Å². The lowest BCUT2D eigenvalue weighted by Gasteiger charge is -2.23. The summed E-state index contributed by atoms with van der Waals surface area (Å²) in [5, 5.41) is 0.0706. The monoisotopic (exact) mass is 538 g/mol. The lowest BCUT2D eigenvalue weighted by Crippen LogP contribution is -2.31. The zero-order valence-corrected chi connectivity index (χ0v) is 24.9. The van der Waals surface area contributed by atoms with Gasteiger partial charge in [0.2, 0.25) is 0 Å². The topological polar surface area (TPSA) is 66.9 Å². The summed E-state index contributed by atoms with van der Waals surface area (Å²) in [7, 11) is 4.00. The van der Waals surface area contributed by atoms with Gasteiger partial charge in [-0.05, 0) is 71.9 Å². The van der Waals surface area contributed by atoms with E-state index in [1.54, 1.807) is 0 Å². The molecule has 0 saturated heterocycles. The molecule has 7 heteroatoms. The molecule has 0 unspecified atom stereocenters. The number of carbonyl (C=O) groups excluding carboxylic acids is 3. The van der Waals surface area contributed by atoms with Crippen LogP contribution >= 0.6 is 11.8 Å². The Morgan fingerprint density at radius 2 is 1.38 bits per heavy atom. The van der Waals surface area contributed by atoms with E-state index in [4.69, 9.17) is 4.74 Å². The van der Waals surface area contributed by atoms with E-state index in [-0.39, 0.29) is 17.3 Å². The molecular weight excluding hydrogens is 484 g/mol. The third-order valence-electron chi connectivity index (χ3n) is 5.93. The molecule has 0 saturated carbocycles. The summed E-state index contributed by atoms with van der Waals surface area (Å²) in [6.07, 6.45) is 21.9. The number of aldehydes is 1. The third-order valence-corrected chi connectivity index (χ3v) is 6.83. The van der Waals surface area contributed by atoms with Crippen molar-refractivity contribution in [1.29, 1.82) is 0 Å². The number of rotatable bonds is 24. The maximum absolute atomic E-state index is 12.8. The van der Waals surface area contributed by atoms with Crippen molar-refractivity contribution in [3.8, 4) is 0 Å². The quantitative estimate of drug-likeness (QED) is 0.0551. The van der Waals surface area contributed by atoms with Crippen molar-refractivity contribution in [2.45, 2.75) is 110 Å². The Morgan fingerprint density at radius 3 is 1.95 bits per heavy atom. The standard InChI is InChI=1S/C30H54N2O4S/c1-5-7-9-11-15-20-28(21-16-12-10-8-6-2)36-29(34)22-19-24-32(23-17-13-14-18-26-33)30(35)37-27-25-31(3)4/h9-12,26,28H,5-8,13-25,27H2,1-4H3/b11-9+,12-10+. The van der Waals surface area contributed by atoms with Crippen LogP contribution in [-0.4, -0.2) is 72.9 Å². The zero-order valence-electron chi connectivity index (χ0n) is 24.1. The van der Waals surface area contributed by atoms with Crippen LogP contribution in [0, 0.1) is 0 Å². The molecule has 0 aromatic rings. The molecule has 214 valence electrons. The van der Waals surface area contributed by atoms with Gasteiger partial charge in [-0.3, -0.25) is 9.59 Å². The normalized spacial score (nSPS) is 11.7. The molecule has 0 N–H and O–H groups in total. The molecule has 0 spiro atoms. The van der Waals surface area contributed by atoms with Crippen molar-refractivity contribution in [2.24, 2.45) is 0 Å².